The molecule has 112 valence electrons. The summed E-state index contributed by atoms with van der Waals surface area (Å²) in [5.41, 5.74) is 2.05. The molecule has 0 spiro atoms. The molecule has 0 amide bonds. The summed E-state index contributed by atoms with van der Waals surface area (Å²) in [7, 11) is -3.62. The lowest BCUT2D eigenvalue weighted by Gasteiger charge is -2.06. The molecular formula is C15H18N2O3S. The average molecular weight is 306 g/mol. The van der Waals surface area contributed by atoms with Gasteiger partial charge >= 0.3 is 0 Å². The van der Waals surface area contributed by atoms with Crippen LogP contribution in [0.25, 0.3) is 0 Å². The highest BCUT2D eigenvalue weighted by Gasteiger charge is 2.06. The fourth-order valence-corrected chi connectivity index (χ4v) is 2.49. The molecule has 0 unspecified atom stereocenters. The summed E-state index contributed by atoms with van der Waals surface area (Å²) in [4.78, 5) is 0.124. The van der Waals surface area contributed by atoms with Crippen molar-refractivity contribution in [2.24, 2.45) is 5.14 Å². The third kappa shape index (κ3) is 4.86. The van der Waals surface area contributed by atoms with E-state index < -0.39 is 10.0 Å². The number of sulfonamides is 1. The van der Waals surface area contributed by atoms with Gasteiger partial charge in [0, 0.05) is 6.54 Å². The number of primary sulfonamides is 1. The Balaban J connectivity index is 1.81. The Bertz CT molecular complexity index is 697. The van der Waals surface area contributed by atoms with Crippen LogP contribution in [0.5, 0.6) is 5.75 Å². The molecule has 0 bridgehead atoms. The number of aromatic hydroxyl groups is 1. The van der Waals surface area contributed by atoms with E-state index in [0.717, 1.165) is 24.1 Å². The molecule has 2 aromatic carbocycles. The summed E-state index contributed by atoms with van der Waals surface area (Å²) in [6, 6.07) is 13.6. The van der Waals surface area contributed by atoms with E-state index in [1.54, 1.807) is 30.3 Å². The SMILES string of the molecule is NS(=O)(=O)c1ccc(CCNCc2cccc(O)c2)cc1. The highest BCUT2D eigenvalue weighted by Crippen LogP contribution is 2.11. The molecule has 6 heteroatoms. The van der Waals surface area contributed by atoms with Crippen molar-refractivity contribution < 1.29 is 13.5 Å². The Kier molecular flexibility index (Phi) is 4.95. The van der Waals surface area contributed by atoms with Crippen molar-refractivity contribution in [1.29, 1.82) is 0 Å². The van der Waals surface area contributed by atoms with E-state index in [-0.39, 0.29) is 10.6 Å². The maximum absolute atomic E-state index is 11.1. The number of rotatable bonds is 6. The average Bonchev–Trinajstić information content (AvgIpc) is 2.43. The second-order valence-electron chi connectivity index (χ2n) is 4.79. The monoisotopic (exact) mass is 306 g/mol. The highest BCUT2D eigenvalue weighted by atomic mass is 32.2. The third-order valence-electron chi connectivity index (χ3n) is 3.08. The zero-order valence-corrected chi connectivity index (χ0v) is 12.3. The molecule has 5 nitrogen and oxygen atoms in total. The van der Waals surface area contributed by atoms with Crippen LogP contribution in [0.15, 0.2) is 53.4 Å². The molecule has 0 saturated heterocycles. The predicted octanol–water partition coefficient (Wildman–Crippen LogP) is 1.37. The Morgan fingerprint density at radius 2 is 1.76 bits per heavy atom. The number of nitrogens with two attached hydrogens (primary N) is 1. The fraction of sp³-hybridized carbons (Fsp3) is 0.200. The lowest BCUT2D eigenvalue weighted by Crippen LogP contribution is -2.16. The molecule has 4 N–H and O–H groups in total. The number of phenolic OH excluding ortho intramolecular Hbond substituents is 1. The molecule has 0 aliphatic carbocycles. The lowest BCUT2D eigenvalue weighted by atomic mass is 10.1. The second-order valence-corrected chi connectivity index (χ2v) is 6.35. The standard InChI is InChI=1S/C15H18N2O3S/c16-21(19,20)15-6-4-12(5-7-15)8-9-17-11-13-2-1-3-14(18)10-13/h1-7,10,17-18H,8-9,11H2,(H2,16,19,20). The van der Waals surface area contributed by atoms with Crippen LogP contribution in [0, 0.1) is 0 Å². The van der Waals surface area contributed by atoms with Crippen molar-refractivity contribution >= 4 is 10.0 Å². The lowest BCUT2D eigenvalue weighted by molar-refractivity contribution is 0.474. The van der Waals surface area contributed by atoms with Crippen LogP contribution in [-0.4, -0.2) is 20.1 Å². The van der Waals surface area contributed by atoms with Crippen molar-refractivity contribution in [1.82, 2.24) is 5.32 Å². The zero-order valence-electron chi connectivity index (χ0n) is 11.5. The van der Waals surface area contributed by atoms with Gasteiger partial charge in [-0.1, -0.05) is 24.3 Å². The second kappa shape index (κ2) is 6.71. The molecule has 0 radical (unpaired) electrons. The van der Waals surface area contributed by atoms with Gasteiger partial charge in [-0.05, 0) is 48.4 Å². The first-order valence-electron chi connectivity index (χ1n) is 6.55. The summed E-state index contributed by atoms with van der Waals surface area (Å²) >= 11 is 0. The molecule has 0 aromatic heterocycles. The molecule has 2 rings (SSSR count). The Hall–Kier alpha value is -1.89. The van der Waals surface area contributed by atoms with Gasteiger partial charge in [0.1, 0.15) is 5.75 Å². The number of hydrogen-bond acceptors (Lipinski definition) is 4. The van der Waals surface area contributed by atoms with Crippen LogP contribution in [0.2, 0.25) is 0 Å². The summed E-state index contributed by atoms with van der Waals surface area (Å²) < 4.78 is 22.3. The molecule has 2 aromatic rings. The quantitative estimate of drug-likeness (QED) is 0.703. The van der Waals surface area contributed by atoms with Crippen molar-refractivity contribution in [2.75, 3.05) is 6.54 Å². The number of benzene rings is 2. The molecule has 0 aliphatic rings. The molecule has 0 heterocycles. The summed E-state index contributed by atoms with van der Waals surface area (Å²) in [6.45, 7) is 1.42. The largest absolute Gasteiger partial charge is 0.508 e. The maximum Gasteiger partial charge on any atom is 0.238 e. The molecule has 0 fully saturated rings. The minimum Gasteiger partial charge on any atom is -0.508 e. The van der Waals surface area contributed by atoms with Crippen molar-refractivity contribution in [3.05, 3.63) is 59.7 Å². The summed E-state index contributed by atoms with van der Waals surface area (Å²) in [6.07, 6.45) is 0.781. The van der Waals surface area contributed by atoms with Crippen molar-refractivity contribution in [2.45, 2.75) is 17.9 Å². The number of phenols is 1. The first-order chi connectivity index (χ1) is 9.95. The minimum absolute atomic E-state index is 0.124. The highest BCUT2D eigenvalue weighted by molar-refractivity contribution is 7.89. The van der Waals surface area contributed by atoms with Gasteiger partial charge in [0.05, 0.1) is 4.90 Å². The van der Waals surface area contributed by atoms with E-state index in [1.807, 2.05) is 6.07 Å². The summed E-state index contributed by atoms with van der Waals surface area (Å²) in [5.74, 6) is 0.257. The molecule has 0 aliphatic heterocycles. The van der Waals surface area contributed by atoms with Gasteiger partial charge in [0.15, 0.2) is 0 Å². The van der Waals surface area contributed by atoms with E-state index in [1.165, 1.54) is 12.1 Å². The smallest absolute Gasteiger partial charge is 0.238 e. The van der Waals surface area contributed by atoms with Crippen molar-refractivity contribution in [3.63, 3.8) is 0 Å². The van der Waals surface area contributed by atoms with Gasteiger partial charge in [-0.25, -0.2) is 13.6 Å². The molecule has 0 saturated carbocycles. The van der Waals surface area contributed by atoms with E-state index in [4.69, 9.17) is 5.14 Å². The van der Waals surface area contributed by atoms with Gasteiger partial charge in [-0.15, -0.1) is 0 Å². The van der Waals surface area contributed by atoms with Crippen LogP contribution in [-0.2, 0) is 23.0 Å². The van der Waals surface area contributed by atoms with Gasteiger partial charge in [0.25, 0.3) is 0 Å². The number of hydrogen-bond donors (Lipinski definition) is 3. The van der Waals surface area contributed by atoms with E-state index in [0.29, 0.717) is 6.54 Å². The first kappa shape index (κ1) is 15.5. The number of nitrogens with one attached hydrogen (secondary N) is 1. The Labute approximate surface area is 124 Å². The van der Waals surface area contributed by atoms with Crippen LogP contribution in [0.3, 0.4) is 0 Å². The van der Waals surface area contributed by atoms with Crippen LogP contribution < -0.4 is 10.5 Å². The molecular weight excluding hydrogens is 288 g/mol. The van der Waals surface area contributed by atoms with Gasteiger partial charge in [-0.3, -0.25) is 0 Å². The molecule has 0 atom stereocenters. The minimum atomic E-state index is -3.62. The Morgan fingerprint density at radius 3 is 2.38 bits per heavy atom. The van der Waals surface area contributed by atoms with Gasteiger partial charge < -0.3 is 10.4 Å². The van der Waals surface area contributed by atoms with E-state index in [2.05, 4.69) is 5.32 Å². The zero-order chi connectivity index (χ0) is 15.3. The third-order valence-corrected chi connectivity index (χ3v) is 4.01. The Morgan fingerprint density at radius 1 is 1.05 bits per heavy atom. The van der Waals surface area contributed by atoms with Crippen LogP contribution in [0.1, 0.15) is 11.1 Å². The van der Waals surface area contributed by atoms with Gasteiger partial charge in [0.2, 0.25) is 10.0 Å². The first-order valence-corrected chi connectivity index (χ1v) is 8.10. The maximum atomic E-state index is 11.1. The summed E-state index contributed by atoms with van der Waals surface area (Å²) in [5, 5.41) is 17.7. The fourth-order valence-electron chi connectivity index (χ4n) is 1.98. The molecule has 21 heavy (non-hydrogen) atoms. The topological polar surface area (TPSA) is 92.4 Å². The van der Waals surface area contributed by atoms with Crippen LogP contribution >= 0.6 is 0 Å². The van der Waals surface area contributed by atoms with Crippen molar-refractivity contribution in [3.8, 4) is 5.75 Å². The van der Waals surface area contributed by atoms with Crippen LogP contribution in [0.4, 0.5) is 0 Å². The predicted molar refractivity (Wildman–Crippen MR) is 81.3 cm³/mol. The normalized spacial score (nSPS) is 11.5. The van der Waals surface area contributed by atoms with E-state index >= 15 is 0 Å². The van der Waals surface area contributed by atoms with Gasteiger partial charge in [-0.2, -0.15) is 0 Å². The van der Waals surface area contributed by atoms with E-state index in [9.17, 15) is 13.5 Å².